The van der Waals surface area contributed by atoms with Crippen LogP contribution in [0.1, 0.15) is 24.9 Å². The highest BCUT2D eigenvalue weighted by atomic mass is 16.4. The van der Waals surface area contributed by atoms with Crippen LogP contribution in [0.5, 0.6) is 0 Å². The molecule has 1 heterocycles. The number of para-hydroxylation sites is 1. The van der Waals surface area contributed by atoms with Gasteiger partial charge in [0.2, 0.25) is 5.91 Å². The van der Waals surface area contributed by atoms with Crippen molar-refractivity contribution in [2.24, 2.45) is 11.8 Å². The Morgan fingerprint density at radius 2 is 2.09 bits per heavy atom. The van der Waals surface area contributed by atoms with Gasteiger partial charge in [0.15, 0.2) is 0 Å². The molecule has 114 valence electrons. The average Bonchev–Trinajstić information content (AvgIpc) is 3.14. The summed E-state index contributed by atoms with van der Waals surface area (Å²) in [6.45, 7) is 1.89. The number of nitrogens with one attached hydrogen (secondary N) is 1. The van der Waals surface area contributed by atoms with Gasteiger partial charge in [0.25, 0.3) is 0 Å². The number of carboxylic acids is 1. The number of hydrogen-bond donors (Lipinski definition) is 2. The van der Waals surface area contributed by atoms with Gasteiger partial charge in [-0.1, -0.05) is 18.2 Å². The third kappa shape index (κ3) is 2.72. The number of carbonyl (C=O) groups excluding carboxylic acids is 1. The number of carbonyl (C=O) groups is 2. The molecular weight excluding hydrogens is 282 g/mol. The van der Waals surface area contributed by atoms with Crippen LogP contribution in [0, 0.1) is 11.8 Å². The molecule has 1 fully saturated rings. The summed E-state index contributed by atoms with van der Waals surface area (Å²) < 4.78 is 1.75. The Morgan fingerprint density at radius 3 is 2.73 bits per heavy atom. The highest BCUT2D eigenvalue weighted by Crippen LogP contribution is 2.39. The van der Waals surface area contributed by atoms with Crippen molar-refractivity contribution in [3.8, 4) is 5.69 Å². The maximum absolute atomic E-state index is 12.1. The third-order valence-corrected chi connectivity index (χ3v) is 3.96. The van der Waals surface area contributed by atoms with Gasteiger partial charge in [0, 0.05) is 12.4 Å². The maximum atomic E-state index is 12.1. The zero-order chi connectivity index (χ0) is 15.7. The smallest absolute Gasteiger partial charge is 0.307 e. The lowest BCUT2D eigenvalue weighted by Crippen LogP contribution is -2.29. The molecule has 22 heavy (non-hydrogen) atoms. The number of aliphatic carboxylic acids is 1. The van der Waals surface area contributed by atoms with Gasteiger partial charge in [0.05, 0.1) is 23.6 Å². The highest BCUT2D eigenvalue weighted by Gasteiger charge is 2.48. The quantitative estimate of drug-likeness (QED) is 0.881. The Balaban J connectivity index is 1.75. The largest absolute Gasteiger partial charge is 0.481 e. The lowest BCUT2D eigenvalue weighted by molar-refractivity contribution is -0.140. The zero-order valence-electron chi connectivity index (χ0n) is 12.1. The van der Waals surface area contributed by atoms with E-state index in [1.807, 2.05) is 43.5 Å². The average molecular weight is 299 g/mol. The van der Waals surface area contributed by atoms with E-state index >= 15 is 0 Å². The SMILES string of the molecule is CC(NC(=O)C1CC1C(=O)O)c1ccccc1-n1cccn1. The van der Waals surface area contributed by atoms with Gasteiger partial charge in [-0.05, 0) is 31.0 Å². The summed E-state index contributed by atoms with van der Waals surface area (Å²) in [5.41, 5.74) is 1.83. The van der Waals surface area contributed by atoms with Crippen LogP contribution in [-0.4, -0.2) is 26.8 Å². The van der Waals surface area contributed by atoms with E-state index in [0.717, 1.165) is 11.3 Å². The van der Waals surface area contributed by atoms with Crippen molar-refractivity contribution in [1.82, 2.24) is 15.1 Å². The van der Waals surface area contributed by atoms with Crippen molar-refractivity contribution in [3.05, 3.63) is 48.3 Å². The molecule has 0 spiro atoms. The van der Waals surface area contributed by atoms with Crippen molar-refractivity contribution in [2.45, 2.75) is 19.4 Å². The maximum Gasteiger partial charge on any atom is 0.307 e. The molecule has 6 nitrogen and oxygen atoms in total. The van der Waals surface area contributed by atoms with E-state index in [-0.39, 0.29) is 11.9 Å². The molecule has 3 rings (SSSR count). The molecule has 1 aliphatic carbocycles. The molecule has 6 heteroatoms. The van der Waals surface area contributed by atoms with Gasteiger partial charge in [-0.15, -0.1) is 0 Å². The minimum atomic E-state index is -0.898. The van der Waals surface area contributed by atoms with Gasteiger partial charge < -0.3 is 10.4 Å². The normalized spacial score (nSPS) is 21.1. The van der Waals surface area contributed by atoms with Crippen LogP contribution in [0.25, 0.3) is 5.69 Å². The predicted molar refractivity (Wildman–Crippen MR) is 79.4 cm³/mol. The Labute approximate surface area is 127 Å². The zero-order valence-corrected chi connectivity index (χ0v) is 12.1. The minimum absolute atomic E-state index is 0.199. The van der Waals surface area contributed by atoms with Gasteiger partial charge in [-0.2, -0.15) is 5.10 Å². The fraction of sp³-hybridized carbons (Fsp3) is 0.312. The summed E-state index contributed by atoms with van der Waals surface area (Å²) in [5, 5.41) is 16.0. The molecule has 1 aliphatic rings. The van der Waals surface area contributed by atoms with Crippen molar-refractivity contribution in [2.75, 3.05) is 0 Å². The molecule has 2 aromatic rings. The monoisotopic (exact) mass is 299 g/mol. The van der Waals surface area contributed by atoms with Crippen LogP contribution in [-0.2, 0) is 9.59 Å². The topological polar surface area (TPSA) is 84.2 Å². The predicted octanol–water partition coefficient (Wildman–Crippen LogP) is 1.77. The Hall–Kier alpha value is -2.63. The first-order valence-electron chi connectivity index (χ1n) is 7.20. The van der Waals surface area contributed by atoms with Crippen molar-refractivity contribution in [3.63, 3.8) is 0 Å². The molecule has 1 amide bonds. The number of aromatic nitrogens is 2. The van der Waals surface area contributed by atoms with Crippen LogP contribution in [0.3, 0.4) is 0 Å². The Morgan fingerprint density at radius 1 is 1.32 bits per heavy atom. The van der Waals surface area contributed by atoms with E-state index in [1.165, 1.54) is 0 Å². The molecule has 0 bridgehead atoms. The van der Waals surface area contributed by atoms with Crippen LogP contribution in [0.15, 0.2) is 42.7 Å². The standard InChI is InChI=1S/C16H17N3O3/c1-10(18-15(20)12-9-13(12)16(21)22)11-5-2-3-6-14(11)19-8-4-7-17-19/h2-8,10,12-13H,9H2,1H3,(H,18,20)(H,21,22). The van der Waals surface area contributed by atoms with Gasteiger partial charge >= 0.3 is 5.97 Å². The van der Waals surface area contributed by atoms with E-state index in [0.29, 0.717) is 6.42 Å². The van der Waals surface area contributed by atoms with Gasteiger partial charge in [-0.25, -0.2) is 4.68 Å². The fourth-order valence-corrected chi connectivity index (χ4v) is 2.63. The summed E-state index contributed by atoms with van der Waals surface area (Å²) in [6, 6.07) is 9.30. The molecule has 0 saturated heterocycles. The molecule has 1 saturated carbocycles. The second-order valence-electron chi connectivity index (χ2n) is 5.53. The summed E-state index contributed by atoms with van der Waals surface area (Å²) in [5.74, 6) is -2.04. The van der Waals surface area contributed by atoms with Gasteiger partial charge in [0.1, 0.15) is 0 Å². The van der Waals surface area contributed by atoms with Crippen LogP contribution < -0.4 is 5.32 Å². The third-order valence-electron chi connectivity index (χ3n) is 3.96. The van der Waals surface area contributed by atoms with Crippen molar-refractivity contribution in [1.29, 1.82) is 0 Å². The summed E-state index contributed by atoms with van der Waals surface area (Å²) in [7, 11) is 0. The van der Waals surface area contributed by atoms with E-state index < -0.39 is 17.8 Å². The number of nitrogens with zero attached hydrogens (tertiary/aromatic N) is 2. The molecule has 2 N–H and O–H groups in total. The second kappa shape index (κ2) is 5.63. The number of amides is 1. The fourth-order valence-electron chi connectivity index (χ4n) is 2.63. The molecule has 3 atom stereocenters. The molecule has 0 aliphatic heterocycles. The van der Waals surface area contributed by atoms with E-state index in [9.17, 15) is 9.59 Å². The van der Waals surface area contributed by atoms with E-state index in [2.05, 4.69) is 10.4 Å². The first kappa shape index (κ1) is 14.3. The molecule has 3 unspecified atom stereocenters. The number of carboxylic acid groups (broad SMARTS) is 1. The first-order chi connectivity index (χ1) is 10.6. The Bertz CT molecular complexity index is 696. The van der Waals surface area contributed by atoms with Crippen molar-refractivity contribution < 1.29 is 14.7 Å². The van der Waals surface area contributed by atoms with Crippen LogP contribution >= 0.6 is 0 Å². The minimum Gasteiger partial charge on any atom is -0.481 e. The summed E-state index contributed by atoms with van der Waals surface area (Å²) in [4.78, 5) is 23.0. The summed E-state index contributed by atoms with van der Waals surface area (Å²) >= 11 is 0. The molecule has 1 aromatic heterocycles. The van der Waals surface area contributed by atoms with Gasteiger partial charge in [-0.3, -0.25) is 9.59 Å². The number of rotatable bonds is 5. The molecule has 1 aromatic carbocycles. The summed E-state index contributed by atoms with van der Waals surface area (Å²) in [6.07, 6.45) is 3.96. The van der Waals surface area contributed by atoms with E-state index in [4.69, 9.17) is 5.11 Å². The van der Waals surface area contributed by atoms with Crippen LogP contribution in [0.2, 0.25) is 0 Å². The lowest BCUT2D eigenvalue weighted by atomic mass is 10.1. The second-order valence-corrected chi connectivity index (χ2v) is 5.53. The highest BCUT2D eigenvalue weighted by molar-refractivity contribution is 5.89. The lowest BCUT2D eigenvalue weighted by Gasteiger charge is -2.18. The van der Waals surface area contributed by atoms with E-state index in [1.54, 1.807) is 10.9 Å². The number of hydrogen-bond acceptors (Lipinski definition) is 3. The van der Waals surface area contributed by atoms with Crippen LogP contribution in [0.4, 0.5) is 0 Å². The molecular formula is C16H17N3O3. The Kier molecular flexibility index (Phi) is 3.66. The first-order valence-corrected chi connectivity index (χ1v) is 7.20. The number of benzene rings is 1. The molecule has 0 radical (unpaired) electrons. The van der Waals surface area contributed by atoms with Crippen molar-refractivity contribution >= 4 is 11.9 Å².